The van der Waals surface area contributed by atoms with Gasteiger partial charge in [-0.2, -0.15) is 0 Å². The first-order valence-electron chi connectivity index (χ1n) is 4.88. The van der Waals surface area contributed by atoms with Gasteiger partial charge in [0.2, 0.25) is 0 Å². The number of ketones is 1. The van der Waals surface area contributed by atoms with Gasteiger partial charge in [0.25, 0.3) is 0 Å². The van der Waals surface area contributed by atoms with Crippen LogP contribution in [0.2, 0.25) is 0 Å². The smallest absolute Gasteiger partial charge is 0.166 e. The van der Waals surface area contributed by atoms with Gasteiger partial charge in [0.05, 0.1) is 12.1 Å². The van der Waals surface area contributed by atoms with Crippen molar-refractivity contribution >= 4 is 5.78 Å². The highest BCUT2D eigenvalue weighted by Gasteiger charge is 2.30. The number of rotatable bonds is 2. The average molecular weight is 168 g/mol. The van der Waals surface area contributed by atoms with Crippen molar-refractivity contribution in [2.24, 2.45) is 0 Å². The van der Waals surface area contributed by atoms with Crippen molar-refractivity contribution in [3.63, 3.8) is 0 Å². The normalized spacial score (nSPS) is 35.7. The van der Waals surface area contributed by atoms with Crippen LogP contribution < -0.4 is 10.6 Å². The van der Waals surface area contributed by atoms with Gasteiger partial charge in [0.1, 0.15) is 0 Å². The monoisotopic (exact) mass is 168 g/mol. The Kier molecular flexibility index (Phi) is 2.42. The summed E-state index contributed by atoms with van der Waals surface area (Å²) in [4.78, 5) is 11.7. The molecule has 2 N–H and O–H groups in total. The summed E-state index contributed by atoms with van der Waals surface area (Å²) in [5.41, 5.74) is 0. The summed E-state index contributed by atoms with van der Waals surface area (Å²) in [5, 5.41) is 6.49. The van der Waals surface area contributed by atoms with E-state index >= 15 is 0 Å². The number of hydrogen-bond acceptors (Lipinski definition) is 3. The second-order valence-corrected chi connectivity index (χ2v) is 3.70. The molecule has 2 fully saturated rings. The molecule has 0 aliphatic carbocycles. The van der Waals surface area contributed by atoms with Crippen LogP contribution in [0.4, 0.5) is 0 Å². The Labute approximate surface area is 72.9 Å². The summed E-state index contributed by atoms with van der Waals surface area (Å²) < 4.78 is 0. The average Bonchev–Trinajstić information content (AvgIpc) is 2.77. The lowest BCUT2D eigenvalue weighted by atomic mass is 10.0. The van der Waals surface area contributed by atoms with Crippen molar-refractivity contribution < 1.29 is 4.79 Å². The second-order valence-electron chi connectivity index (χ2n) is 3.70. The van der Waals surface area contributed by atoms with Crippen LogP contribution in [-0.4, -0.2) is 31.0 Å². The molecule has 0 amide bonds. The highest BCUT2D eigenvalue weighted by molar-refractivity contribution is 5.89. The highest BCUT2D eigenvalue weighted by Crippen LogP contribution is 2.13. The standard InChI is InChI=1S/C9H16N2O/c12-9(7-3-1-5-10-7)8-4-2-6-11-8/h7-8,10-11H,1-6H2. The summed E-state index contributed by atoms with van der Waals surface area (Å²) in [6, 6.07) is 0.307. The van der Waals surface area contributed by atoms with Crippen molar-refractivity contribution in [2.75, 3.05) is 13.1 Å². The van der Waals surface area contributed by atoms with Crippen LogP contribution >= 0.6 is 0 Å². The SMILES string of the molecule is O=C(C1CCCN1)C1CCCN1. The van der Waals surface area contributed by atoms with Crippen LogP contribution in [0.15, 0.2) is 0 Å². The van der Waals surface area contributed by atoms with Crippen LogP contribution in [0.3, 0.4) is 0 Å². The van der Waals surface area contributed by atoms with E-state index in [0.717, 1.165) is 38.8 Å². The summed E-state index contributed by atoms with van der Waals surface area (Å²) in [5.74, 6) is 0.394. The number of hydrogen-bond donors (Lipinski definition) is 2. The van der Waals surface area contributed by atoms with Crippen molar-refractivity contribution in [3.05, 3.63) is 0 Å². The molecule has 2 saturated heterocycles. The lowest BCUT2D eigenvalue weighted by Gasteiger charge is -2.14. The molecule has 68 valence electrons. The summed E-state index contributed by atoms with van der Waals surface area (Å²) in [7, 11) is 0. The second kappa shape index (κ2) is 3.54. The largest absolute Gasteiger partial charge is 0.307 e. The minimum absolute atomic E-state index is 0.153. The molecule has 0 aromatic rings. The molecule has 3 heteroatoms. The molecule has 2 rings (SSSR count). The molecule has 0 aromatic carbocycles. The number of carbonyl (C=O) groups is 1. The van der Waals surface area contributed by atoms with E-state index in [1.165, 1.54) is 0 Å². The van der Waals surface area contributed by atoms with Crippen molar-refractivity contribution in [1.29, 1.82) is 0 Å². The maximum atomic E-state index is 11.7. The molecular weight excluding hydrogens is 152 g/mol. The Morgan fingerprint density at radius 3 is 1.83 bits per heavy atom. The summed E-state index contributed by atoms with van der Waals surface area (Å²) >= 11 is 0. The van der Waals surface area contributed by atoms with Gasteiger partial charge in [-0.15, -0.1) is 0 Å². The quantitative estimate of drug-likeness (QED) is 0.612. The molecule has 2 unspecified atom stereocenters. The fourth-order valence-electron chi connectivity index (χ4n) is 2.10. The maximum absolute atomic E-state index is 11.7. The van der Waals surface area contributed by atoms with E-state index in [1.54, 1.807) is 0 Å². The van der Waals surface area contributed by atoms with E-state index in [9.17, 15) is 4.79 Å². The first-order chi connectivity index (χ1) is 5.88. The Morgan fingerprint density at radius 1 is 1.00 bits per heavy atom. The van der Waals surface area contributed by atoms with Gasteiger partial charge < -0.3 is 10.6 Å². The van der Waals surface area contributed by atoms with E-state index in [0.29, 0.717) is 5.78 Å². The maximum Gasteiger partial charge on any atom is 0.166 e. The lowest BCUT2D eigenvalue weighted by molar-refractivity contribution is -0.122. The van der Waals surface area contributed by atoms with Crippen LogP contribution in [0.5, 0.6) is 0 Å². The van der Waals surface area contributed by atoms with Gasteiger partial charge in [0.15, 0.2) is 5.78 Å². The molecule has 2 atom stereocenters. The molecule has 0 radical (unpaired) electrons. The molecule has 3 nitrogen and oxygen atoms in total. The summed E-state index contributed by atoms with van der Waals surface area (Å²) in [6.07, 6.45) is 4.39. The molecule has 0 bridgehead atoms. The van der Waals surface area contributed by atoms with E-state index in [-0.39, 0.29) is 12.1 Å². The van der Waals surface area contributed by atoms with Gasteiger partial charge in [-0.05, 0) is 38.8 Å². The van der Waals surface area contributed by atoms with Crippen LogP contribution in [0, 0.1) is 0 Å². The fraction of sp³-hybridized carbons (Fsp3) is 0.889. The van der Waals surface area contributed by atoms with E-state index in [1.807, 2.05) is 0 Å². The predicted molar refractivity (Wildman–Crippen MR) is 47.1 cm³/mol. The van der Waals surface area contributed by atoms with Crippen molar-refractivity contribution in [3.8, 4) is 0 Å². The highest BCUT2D eigenvalue weighted by atomic mass is 16.1. The molecule has 12 heavy (non-hydrogen) atoms. The Bertz CT molecular complexity index is 151. The van der Waals surface area contributed by atoms with Gasteiger partial charge in [-0.1, -0.05) is 0 Å². The number of nitrogens with one attached hydrogen (secondary N) is 2. The van der Waals surface area contributed by atoms with Crippen LogP contribution in [0.25, 0.3) is 0 Å². The number of Topliss-reactive ketones (excluding diaryl/α,β-unsaturated/α-hetero) is 1. The molecule has 2 aliphatic rings. The molecule has 0 saturated carbocycles. The molecule has 0 aromatic heterocycles. The molecule has 2 aliphatic heterocycles. The third kappa shape index (κ3) is 1.52. The summed E-state index contributed by atoms with van der Waals surface area (Å²) in [6.45, 7) is 2.03. The zero-order chi connectivity index (χ0) is 8.39. The topological polar surface area (TPSA) is 41.1 Å². The van der Waals surface area contributed by atoms with Gasteiger partial charge in [-0.3, -0.25) is 4.79 Å². The number of carbonyl (C=O) groups excluding carboxylic acids is 1. The van der Waals surface area contributed by atoms with E-state index in [2.05, 4.69) is 10.6 Å². The zero-order valence-electron chi connectivity index (χ0n) is 7.31. The first kappa shape index (κ1) is 8.20. The third-order valence-corrected chi connectivity index (χ3v) is 2.81. The Balaban J connectivity index is 1.89. The third-order valence-electron chi connectivity index (χ3n) is 2.81. The van der Waals surface area contributed by atoms with E-state index in [4.69, 9.17) is 0 Å². The lowest BCUT2D eigenvalue weighted by Crippen LogP contribution is -2.42. The minimum Gasteiger partial charge on any atom is -0.307 e. The molecule has 0 spiro atoms. The van der Waals surface area contributed by atoms with Gasteiger partial charge in [-0.25, -0.2) is 0 Å². The van der Waals surface area contributed by atoms with E-state index < -0.39 is 0 Å². The van der Waals surface area contributed by atoms with Crippen LogP contribution in [-0.2, 0) is 4.79 Å². The molecular formula is C9H16N2O. The fourth-order valence-corrected chi connectivity index (χ4v) is 2.10. The zero-order valence-corrected chi connectivity index (χ0v) is 7.31. The first-order valence-corrected chi connectivity index (χ1v) is 4.88. The van der Waals surface area contributed by atoms with Crippen LogP contribution in [0.1, 0.15) is 25.7 Å². The van der Waals surface area contributed by atoms with Crippen molar-refractivity contribution in [1.82, 2.24) is 10.6 Å². The minimum atomic E-state index is 0.153. The Hall–Kier alpha value is -0.410. The van der Waals surface area contributed by atoms with Gasteiger partial charge >= 0.3 is 0 Å². The van der Waals surface area contributed by atoms with Crippen molar-refractivity contribution in [2.45, 2.75) is 37.8 Å². The van der Waals surface area contributed by atoms with Gasteiger partial charge in [0, 0.05) is 0 Å². The Morgan fingerprint density at radius 2 is 1.50 bits per heavy atom. The predicted octanol–water partition coefficient (Wildman–Crippen LogP) is 0.0595. The molecule has 2 heterocycles.